The molecule has 0 saturated heterocycles. The van der Waals surface area contributed by atoms with E-state index in [1.807, 2.05) is 42.5 Å². The number of likely N-dealkylation sites (N-methyl/N-ethyl adjacent to an activating group) is 1. The first-order chi connectivity index (χ1) is 18.0. The molecule has 0 aliphatic heterocycles. The second-order valence-electron chi connectivity index (χ2n) is 8.85. The van der Waals surface area contributed by atoms with Crippen LogP contribution < -0.4 is 15.5 Å². The molecular formula is C29H30BrN5O2. The van der Waals surface area contributed by atoms with E-state index >= 15 is 0 Å². The Morgan fingerprint density at radius 3 is 2.76 bits per heavy atom. The minimum Gasteiger partial charge on any atom is -0.358 e. The van der Waals surface area contributed by atoms with Crippen LogP contribution in [0.1, 0.15) is 25.3 Å². The van der Waals surface area contributed by atoms with Gasteiger partial charge in [0.1, 0.15) is 6.54 Å². The summed E-state index contributed by atoms with van der Waals surface area (Å²) in [5.74, 6) is 0.138. The number of rotatable bonds is 9. The van der Waals surface area contributed by atoms with Crippen molar-refractivity contribution in [2.45, 2.75) is 26.3 Å². The molecule has 2 N–H and O–H groups in total. The lowest BCUT2D eigenvalue weighted by molar-refractivity contribution is -0.118. The van der Waals surface area contributed by atoms with E-state index in [0.717, 1.165) is 51.2 Å². The molecule has 1 aromatic heterocycles. The van der Waals surface area contributed by atoms with Gasteiger partial charge in [-0.3, -0.25) is 9.59 Å². The average Bonchev–Trinajstić information content (AvgIpc) is 3.26. The first-order valence-corrected chi connectivity index (χ1v) is 12.9. The van der Waals surface area contributed by atoms with Crippen molar-refractivity contribution in [3.05, 3.63) is 101 Å². The summed E-state index contributed by atoms with van der Waals surface area (Å²) >= 11 is 3.50. The molecule has 8 heteroatoms. The smallest absolute Gasteiger partial charge is 0.246 e. The van der Waals surface area contributed by atoms with Gasteiger partial charge in [0.25, 0.3) is 0 Å². The second kappa shape index (κ2) is 12.4. The predicted molar refractivity (Wildman–Crippen MR) is 153 cm³/mol. The van der Waals surface area contributed by atoms with Crippen LogP contribution >= 0.6 is 15.9 Å². The molecular weight excluding hydrogens is 530 g/mol. The molecule has 0 fully saturated rings. The average molecular weight is 560 g/mol. The summed E-state index contributed by atoms with van der Waals surface area (Å²) in [5, 5.41) is 6.48. The van der Waals surface area contributed by atoms with Gasteiger partial charge in [0.05, 0.1) is 6.33 Å². The van der Waals surface area contributed by atoms with E-state index < -0.39 is 0 Å². The fourth-order valence-electron chi connectivity index (χ4n) is 4.33. The standard InChI is InChI=1S/C29H30BrN5O2/c1-21(26-14-9-23(30)17-27(26)32-20-36)29(22-7-5-3-4-6-8-22)33-24-10-12-25(13-11-24)34(2)28(37)18-35-16-15-31-19-35/h3-5,7,9-17,19-20,22,33H,6,8,18H2,1-2H3,(H,32,36)/b29-21+. The number of amides is 2. The van der Waals surface area contributed by atoms with Crippen LogP contribution in [0, 0.1) is 5.92 Å². The third-order valence-electron chi connectivity index (χ3n) is 6.39. The summed E-state index contributed by atoms with van der Waals surface area (Å²) in [7, 11) is 1.77. The quantitative estimate of drug-likeness (QED) is 0.304. The Balaban J connectivity index is 1.62. The molecule has 2 amide bonds. The van der Waals surface area contributed by atoms with Crippen LogP contribution in [0.15, 0.2) is 95.7 Å². The number of nitrogens with zero attached hydrogens (tertiary/aromatic N) is 3. The summed E-state index contributed by atoms with van der Waals surface area (Å²) in [6.07, 6.45) is 16.2. The van der Waals surface area contributed by atoms with Gasteiger partial charge in [0.15, 0.2) is 0 Å². The summed E-state index contributed by atoms with van der Waals surface area (Å²) in [6, 6.07) is 13.7. The Labute approximate surface area is 225 Å². The first kappa shape index (κ1) is 26.2. The van der Waals surface area contributed by atoms with Gasteiger partial charge in [-0.2, -0.15) is 0 Å². The summed E-state index contributed by atoms with van der Waals surface area (Å²) in [6.45, 7) is 2.31. The third-order valence-corrected chi connectivity index (χ3v) is 6.89. The van der Waals surface area contributed by atoms with Gasteiger partial charge in [0.2, 0.25) is 12.3 Å². The van der Waals surface area contributed by atoms with Crippen LogP contribution in [0.4, 0.5) is 17.1 Å². The van der Waals surface area contributed by atoms with Crippen molar-refractivity contribution in [2.24, 2.45) is 5.92 Å². The van der Waals surface area contributed by atoms with Crippen molar-refractivity contribution >= 4 is 50.9 Å². The molecule has 0 bridgehead atoms. The van der Waals surface area contributed by atoms with E-state index in [2.05, 4.69) is 62.8 Å². The number of anilines is 3. The van der Waals surface area contributed by atoms with Gasteiger partial charge < -0.3 is 20.1 Å². The molecule has 1 aliphatic rings. The maximum atomic E-state index is 12.7. The molecule has 0 radical (unpaired) electrons. The molecule has 1 atom stereocenters. The van der Waals surface area contributed by atoms with Crippen molar-refractivity contribution in [2.75, 3.05) is 22.6 Å². The normalized spacial score (nSPS) is 15.5. The number of allylic oxidation sites excluding steroid dienone is 5. The number of halogens is 1. The molecule has 1 unspecified atom stereocenters. The minimum absolute atomic E-state index is 0.0309. The van der Waals surface area contributed by atoms with Crippen molar-refractivity contribution < 1.29 is 9.59 Å². The number of nitrogens with one attached hydrogen (secondary N) is 2. The zero-order valence-corrected chi connectivity index (χ0v) is 22.5. The highest BCUT2D eigenvalue weighted by Crippen LogP contribution is 2.34. The first-order valence-electron chi connectivity index (χ1n) is 12.1. The Morgan fingerprint density at radius 2 is 2.03 bits per heavy atom. The van der Waals surface area contributed by atoms with Crippen molar-refractivity contribution in [3.8, 4) is 0 Å². The molecule has 4 rings (SSSR count). The van der Waals surface area contributed by atoms with Gasteiger partial charge in [-0.25, -0.2) is 4.98 Å². The Hall–Kier alpha value is -3.91. The number of imidazole rings is 1. The molecule has 37 heavy (non-hydrogen) atoms. The lowest BCUT2D eigenvalue weighted by Gasteiger charge is -2.24. The molecule has 1 heterocycles. The highest BCUT2D eigenvalue weighted by atomic mass is 79.9. The fourth-order valence-corrected chi connectivity index (χ4v) is 4.69. The van der Waals surface area contributed by atoms with Crippen LogP contribution in [-0.2, 0) is 16.1 Å². The van der Waals surface area contributed by atoms with E-state index in [1.165, 1.54) is 0 Å². The zero-order valence-electron chi connectivity index (χ0n) is 20.9. The van der Waals surface area contributed by atoms with Gasteiger partial charge in [0, 0.05) is 58.2 Å². The van der Waals surface area contributed by atoms with E-state index in [-0.39, 0.29) is 18.4 Å². The van der Waals surface area contributed by atoms with Crippen LogP contribution in [0.25, 0.3) is 5.57 Å². The largest absolute Gasteiger partial charge is 0.358 e. The number of carbonyl (C=O) groups excluding carboxylic acids is 2. The number of benzene rings is 2. The van der Waals surface area contributed by atoms with Crippen LogP contribution in [0.2, 0.25) is 0 Å². The second-order valence-corrected chi connectivity index (χ2v) is 9.76. The number of hydrogen-bond donors (Lipinski definition) is 2. The predicted octanol–water partition coefficient (Wildman–Crippen LogP) is 6.24. The monoisotopic (exact) mass is 559 g/mol. The van der Waals surface area contributed by atoms with E-state index in [1.54, 1.807) is 35.2 Å². The lowest BCUT2D eigenvalue weighted by Crippen LogP contribution is -2.29. The number of aromatic nitrogens is 2. The highest BCUT2D eigenvalue weighted by Gasteiger charge is 2.19. The zero-order chi connectivity index (χ0) is 26.2. The summed E-state index contributed by atoms with van der Waals surface area (Å²) in [5.41, 5.74) is 5.52. The summed E-state index contributed by atoms with van der Waals surface area (Å²) < 4.78 is 2.64. The Bertz CT molecular complexity index is 1330. The van der Waals surface area contributed by atoms with Crippen molar-refractivity contribution in [1.29, 1.82) is 0 Å². The molecule has 0 spiro atoms. The molecule has 0 saturated carbocycles. The van der Waals surface area contributed by atoms with Crippen LogP contribution in [0.5, 0.6) is 0 Å². The van der Waals surface area contributed by atoms with Crippen LogP contribution in [0.3, 0.4) is 0 Å². The molecule has 2 aromatic carbocycles. The summed E-state index contributed by atoms with van der Waals surface area (Å²) in [4.78, 5) is 29.6. The Morgan fingerprint density at radius 1 is 1.22 bits per heavy atom. The van der Waals surface area contributed by atoms with E-state index in [0.29, 0.717) is 6.41 Å². The van der Waals surface area contributed by atoms with E-state index in [4.69, 9.17) is 0 Å². The minimum atomic E-state index is -0.0309. The molecule has 7 nitrogen and oxygen atoms in total. The van der Waals surface area contributed by atoms with Gasteiger partial charge in [-0.05, 0) is 61.7 Å². The number of hydrogen-bond acceptors (Lipinski definition) is 4. The van der Waals surface area contributed by atoms with Crippen molar-refractivity contribution in [3.63, 3.8) is 0 Å². The molecule has 1 aliphatic carbocycles. The SMILES string of the molecule is C/C(=C(\Nc1ccc(N(C)C(=O)Cn2ccnc2)cc1)C1C=CC=CCC1)c1ccc(Br)cc1NC=O. The van der Waals surface area contributed by atoms with Crippen LogP contribution in [-0.4, -0.2) is 28.9 Å². The topological polar surface area (TPSA) is 79.3 Å². The van der Waals surface area contributed by atoms with Gasteiger partial charge >= 0.3 is 0 Å². The maximum absolute atomic E-state index is 12.7. The highest BCUT2D eigenvalue weighted by molar-refractivity contribution is 9.10. The maximum Gasteiger partial charge on any atom is 0.246 e. The van der Waals surface area contributed by atoms with E-state index in [9.17, 15) is 9.59 Å². The third kappa shape index (κ3) is 6.65. The van der Waals surface area contributed by atoms with Gasteiger partial charge in [-0.1, -0.05) is 46.3 Å². The lowest BCUT2D eigenvalue weighted by atomic mass is 9.92. The molecule has 190 valence electrons. The van der Waals surface area contributed by atoms with Crippen molar-refractivity contribution in [1.82, 2.24) is 9.55 Å². The fraction of sp³-hybridized carbons (Fsp3) is 0.207. The number of carbonyl (C=O) groups is 2. The van der Waals surface area contributed by atoms with Gasteiger partial charge in [-0.15, -0.1) is 0 Å². The Kier molecular flexibility index (Phi) is 8.74. The molecule has 3 aromatic rings.